The second-order valence-corrected chi connectivity index (χ2v) is 7.18. The summed E-state index contributed by atoms with van der Waals surface area (Å²) < 4.78 is 32.4. The predicted octanol–water partition coefficient (Wildman–Crippen LogP) is 1.11. The van der Waals surface area contributed by atoms with Crippen molar-refractivity contribution in [2.45, 2.75) is 11.8 Å². The van der Waals surface area contributed by atoms with E-state index in [1.165, 1.54) is 27.4 Å². The molecule has 0 unspecified atom stereocenters. The summed E-state index contributed by atoms with van der Waals surface area (Å²) in [5.41, 5.74) is 1.02. The van der Waals surface area contributed by atoms with E-state index in [9.17, 15) is 13.2 Å². The van der Waals surface area contributed by atoms with E-state index >= 15 is 0 Å². The van der Waals surface area contributed by atoms with Crippen molar-refractivity contribution < 1.29 is 13.2 Å². The molecule has 0 amide bonds. The standard InChI is InChI=1S/C14H18N2O4S/c1-9-6-11-10(7-12(9)20-5)14(17)13(8-16(11)4)21(18,19)15(2)3/h6-8H,1-5H3. The molecule has 0 radical (unpaired) electrons. The highest BCUT2D eigenvalue weighted by Gasteiger charge is 2.23. The van der Waals surface area contributed by atoms with Crippen LogP contribution in [-0.2, 0) is 17.1 Å². The van der Waals surface area contributed by atoms with E-state index in [-0.39, 0.29) is 4.90 Å². The smallest absolute Gasteiger partial charge is 0.247 e. The van der Waals surface area contributed by atoms with Gasteiger partial charge in [-0.15, -0.1) is 0 Å². The molecule has 0 saturated carbocycles. The molecule has 1 aromatic heterocycles. The Kier molecular flexibility index (Phi) is 3.81. The fraction of sp³-hybridized carbons (Fsp3) is 0.357. The topological polar surface area (TPSA) is 68.6 Å². The van der Waals surface area contributed by atoms with Gasteiger partial charge in [0.1, 0.15) is 10.6 Å². The van der Waals surface area contributed by atoms with Crippen molar-refractivity contribution >= 4 is 20.9 Å². The zero-order valence-electron chi connectivity index (χ0n) is 12.7. The molecule has 0 atom stereocenters. The van der Waals surface area contributed by atoms with Gasteiger partial charge in [-0.25, -0.2) is 12.7 Å². The normalized spacial score (nSPS) is 12.1. The van der Waals surface area contributed by atoms with Crippen LogP contribution < -0.4 is 10.2 Å². The van der Waals surface area contributed by atoms with Crippen LogP contribution in [0.2, 0.25) is 0 Å². The van der Waals surface area contributed by atoms with Crippen molar-refractivity contribution in [2.24, 2.45) is 7.05 Å². The van der Waals surface area contributed by atoms with Gasteiger partial charge in [0.15, 0.2) is 0 Å². The van der Waals surface area contributed by atoms with Crippen LogP contribution in [0.3, 0.4) is 0 Å². The Morgan fingerprint density at radius 1 is 1.24 bits per heavy atom. The highest BCUT2D eigenvalue weighted by molar-refractivity contribution is 7.89. The number of benzene rings is 1. The molecule has 0 fully saturated rings. The Morgan fingerprint density at radius 3 is 2.38 bits per heavy atom. The van der Waals surface area contributed by atoms with E-state index in [0.29, 0.717) is 16.7 Å². The number of ether oxygens (including phenoxy) is 1. The first-order valence-electron chi connectivity index (χ1n) is 6.30. The van der Waals surface area contributed by atoms with E-state index in [2.05, 4.69) is 0 Å². The van der Waals surface area contributed by atoms with Crippen LogP contribution in [0, 0.1) is 6.92 Å². The van der Waals surface area contributed by atoms with Crippen LogP contribution >= 0.6 is 0 Å². The van der Waals surface area contributed by atoms with Gasteiger partial charge in [-0.3, -0.25) is 4.79 Å². The maximum absolute atomic E-state index is 12.5. The number of sulfonamides is 1. The number of aromatic nitrogens is 1. The Hall–Kier alpha value is -1.86. The lowest BCUT2D eigenvalue weighted by Gasteiger charge is -2.15. The number of rotatable bonds is 3. The molecule has 0 bridgehead atoms. The summed E-state index contributed by atoms with van der Waals surface area (Å²) in [5.74, 6) is 0.555. The lowest BCUT2D eigenvalue weighted by atomic mass is 10.1. The molecule has 0 aliphatic carbocycles. The average Bonchev–Trinajstić information content (AvgIpc) is 2.42. The monoisotopic (exact) mass is 310 g/mol. The van der Waals surface area contributed by atoms with Crippen LogP contribution in [0.15, 0.2) is 28.0 Å². The zero-order valence-corrected chi connectivity index (χ0v) is 13.5. The lowest BCUT2D eigenvalue weighted by molar-refractivity contribution is 0.412. The van der Waals surface area contributed by atoms with Gasteiger partial charge in [0.05, 0.1) is 18.0 Å². The molecule has 0 saturated heterocycles. The van der Waals surface area contributed by atoms with Crippen molar-refractivity contribution in [1.82, 2.24) is 8.87 Å². The number of fused-ring (bicyclic) bond motifs is 1. The van der Waals surface area contributed by atoms with Gasteiger partial charge < -0.3 is 9.30 Å². The molecular formula is C14H18N2O4S. The second kappa shape index (κ2) is 5.16. The van der Waals surface area contributed by atoms with Crippen molar-refractivity contribution in [3.05, 3.63) is 34.1 Å². The maximum Gasteiger partial charge on any atom is 0.247 e. The Labute approximate surface area is 123 Å². The molecule has 6 nitrogen and oxygen atoms in total. The summed E-state index contributed by atoms with van der Waals surface area (Å²) >= 11 is 0. The number of hydrogen-bond acceptors (Lipinski definition) is 4. The molecule has 2 rings (SSSR count). The third-order valence-electron chi connectivity index (χ3n) is 3.43. The maximum atomic E-state index is 12.5. The van der Waals surface area contributed by atoms with Gasteiger partial charge in [0, 0.05) is 27.3 Å². The van der Waals surface area contributed by atoms with E-state index < -0.39 is 15.5 Å². The minimum atomic E-state index is -3.79. The highest BCUT2D eigenvalue weighted by atomic mass is 32.2. The third kappa shape index (κ3) is 2.43. The van der Waals surface area contributed by atoms with Crippen molar-refractivity contribution in [2.75, 3.05) is 21.2 Å². The molecule has 7 heteroatoms. The number of nitrogens with zero attached hydrogens (tertiary/aromatic N) is 2. The average molecular weight is 310 g/mol. The Bertz CT molecular complexity index is 867. The minimum Gasteiger partial charge on any atom is -0.496 e. The van der Waals surface area contributed by atoms with Crippen LogP contribution in [0.1, 0.15) is 5.56 Å². The lowest BCUT2D eigenvalue weighted by Crippen LogP contribution is -2.28. The molecule has 114 valence electrons. The van der Waals surface area contributed by atoms with E-state index in [1.807, 2.05) is 13.0 Å². The van der Waals surface area contributed by atoms with Crippen LogP contribution in [0.5, 0.6) is 5.75 Å². The number of aryl methyl sites for hydroxylation is 2. The van der Waals surface area contributed by atoms with E-state index in [0.717, 1.165) is 9.87 Å². The summed E-state index contributed by atoms with van der Waals surface area (Å²) in [7, 11) is 2.23. The summed E-state index contributed by atoms with van der Waals surface area (Å²) in [4.78, 5) is 12.3. The predicted molar refractivity (Wildman–Crippen MR) is 81.4 cm³/mol. The first-order valence-corrected chi connectivity index (χ1v) is 7.74. The largest absolute Gasteiger partial charge is 0.496 e. The van der Waals surface area contributed by atoms with Gasteiger partial charge in [-0.1, -0.05) is 0 Å². The van der Waals surface area contributed by atoms with Gasteiger partial charge in [-0.05, 0) is 24.6 Å². The van der Waals surface area contributed by atoms with Crippen LogP contribution in [0.25, 0.3) is 10.9 Å². The van der Waals surface area contributed by atoms with Gasteiger partial charge in [0.25, 0.3) is 0 Å². The molecule has 0 aliphatic rings. The molecule has 1 aromatic carbocycles. The molecule has 0 spiro atoms. The van der Waals surface area contributed by atoms with E-state index in [1.54, 1.807) is 17.7 Å². The summed E-state index contributed by atoms with van der Waals surface area (Å²) in [6.45, 7) is 1.87. The fourth-order valence-electron chi connectivity index (χ4n) is 2.18. The zero-order chi connectivity index (χ0) is 15.9. The SMILES string of the molecule is COc1cc2c(=O)c(S(=O)(=O)N(C)C)cn(C)c2cc1C. The molecule has 2 aromatic rings. The molecule has 0 N–H and O–H groups in total. The quantitative estimate of drug-likeness (QED) is 0.851. The Morgan fingerprint density at radius 2 is 1.86 bits per heavy atom. The van der Waals surface area contributed by atoms with E-state index in [4.69, 9.17) is 4.74 Å². The Balaban J connectivity index is 2.94. The van der Waals surface area contributed by atoms with Gasteiger partial charge in [-0.2, -0.15) is 0 Å². The molecule has 1 heterocycles. The number of hydrogen-bond donors (Lipinski definition) is 0. The fourth-order valence-corrected chi connectivity index (χ4v) is 3.21. The highest BCUT2D eigenvalue weighted by Crippen LogP contribution is 2.24. The second-order valence-electron chi connectivity index (χ2n) is 5.06. The van der Waals surface area contributed by atoms with Crippen molar-refractivity contribution in [3.8, 4) is 5.75 Å². The van der Waals surface area contributed by atoms with Gasteiger partial charge in [0.2, 0.25) is 15.5 Å². The molecular weight excluding hydrogens is 292 g/mol. The first kappa shape index (κ1) is 15.5. The van der Waals surface area contributed by atoms with Crippen molar-refractivity contribution in [1.29, 1.82) is 0 Å². The van der Waals surface area contributed by atoms with Crippen molar-refractivity contribution in [3.63, 3.8) is 0 Å². The molecule has 21 heavy (non-hydrogen) atoms. The summed E-state index contributed by atoms with van der Waals surface area (Å²) in [6.07, 6.45) is 1.35. The number of methoxy groups -OCH3 is 1. The number of pyridine rings is 1. The third-order valence-corrected chi connectivity index (χ3v) is 5.24. The summed E-state index contributed by atoms with van der Waals surface area (Å²) in [6, 6.07) is 3.39. The molecule has 0 aliphatic heterocycles. The van der Waals surface area contributed by atoms with Gasteiger partial charge >= 0.3 is 0 Å². The van der Waals surface area contributed by atoms with Crippen LogP contribution in [-0.4, -0.2) is 38.5 Å². The first-order chi connectivity index (χ1) is 9.70. The minimum absolute atomic E-state index is 0.242. The van der Waals surface area contributed by atoms with Crippen LogP contribution in [0.4, 0.5) is 0 Å². The summed E-state index contributed by atoms with van der Waals surface area (Å²) in [5, 5.41) is 0.322.